The Hall–Kier alpha value is -2.47. The van der Waals surface area contributed by atoms with Crippen LogP contribution in [-0.2, 0) is 16.1 Å². The summed E-state index contributed by atoms with van der Waals surface area (Å²) in [5.74, 6) is 0.00194. The van der Waals surface area contributed by atoms with E-state index >= 15 is 0 Å². The fraction of sp³-hybridized carbons (Fsp3) is 0.263. The molecule has 1 unspecified atom stereocenters. The van der Waals surface area contributed by atoms with Gasteiger partial charge in [0.1, 0.15) is 5.75 Å². The van der Waals surface area contributed by atoms with Crippen LogP contribution < -0.4 is 9.64 Å². The van der Waals surface area contributed by atoms with Gasteiger partial charge >= 0.3 is 5.97 Å². The molecule has 0 saturated carbocycles. The van der Waals surface area contributed by atoms with Crippen LogP contribution in [0.25, 0.3) is 0 Å². The van der Waals surface area contributed by atoms with Gasteiger partial charge < -0.3 is 14.4 Å². The zero-order valence-electron chi connectivity index (χ0n) is 14.3. The molecular formula is C19H19NO4S. The van der Waals surface area contributed by atoms with Crippen molar-refractivity contribution in [3.8, 4) is 5.75 Å². The Morgan fingerprint density at radius 3 is 2.60 bits per heavy atom. The van der Waals surface area contributed by atoms with Gasteiger partial charge in [-0.15, -0.1) is 11.8 Å². The van der Waals surface area contributed by atoms with E-state index in [2.05, 4.69) is 0 Å². The lowest BCUT2D eigenvalue weighted by Gasteiger charge is -2.33. The van der Waals surface area contributed by atoms with E-state index in [9.17, 15) is 9.59 Å². The van der Waals surface area contributed by atoms with Gasteiger partial charge in [0.05, 0.1) is 24.9 Å². The minimum Gasteiger partial charge on any atom is -0.479 e. The van der Waals surface area contributed by atoms with E-state index in [1.165, 1.54) is 12.0 Å². The number of ether oxygens (including phenoxy) is 2. The van der Waals surface area contributed by atoms with Gasteiger partial charge in [-0.1, -0.05) is 12.1 Å². The third kappa shape index (κ3) is 3.49. The minimum atomic E-state index is -0.568. The SMILES string of the molecule is COC(=O)c1ccc2c(c1)N(Cc1ccc(SC)cc1)C(=O)C(C)O2. The molecule has 1 aliphatic rings. The predicted molar refractivity (Wildman–Crippen MR) is 97.3 cm³/mol. The second-order valence-corrected chi connectivity index (χ2v) is 6.59. The van der Waals surface area contributed by atoms with Crippen molar-refractivity contribution in [1.29, 1.82) is 0 Å². The van der Waals surface area contributed by atoms with Crippen LogP contribution in [-0.4, -0.2) is 31.3 Å². The lowest BCUT2D eigenvalue weighted by atomic mass is 10.1. The minimum absolute atomic E-state index is 0.136. The number of rotatable bonds is 4. The average molecular weight is 357 g/mol. The van der Waals surface area contributed by atoms with Crippen molar-refractivity contribution in [2.75, 3.05) is 18.3 Å². The second kappa shape index (κ2) is 7.19. The third-order valence-corrected chi connectivity index (χ3v) is 4.83. The summed E-state index contributed by atoms with van der Waals surface area (Å²) in [6.45, 7) is 2.14. The van der Waals surface area contributed by atoms with Crippen molar-refractivity contribution in [3.63, 3.8) is 0 Å². The number of methoxy groups -OCH3 is 1. The monoisotopic (exact) mass is 357 g/mol. The molecule has 0 radical (unpaired) electrons. The van der Waals surface area contributed by atoms with Crippen LogP contribution in [0.2, 0.25) is 0 Å². The second-order valence-electron chi connectivity index (χ2n) is 5.71. The molecule has 0 saturated heterocycles. The summed E-state index contributed by atoms with van der Waals surface area (Å²) in [4.78, 5) is 27.3. The number of amides is 1. The van der Waals surface area contributed by atoms with Gasteiger partial charge in [-0.25, -0.2) is 4.79 Å². The molecule has 0 bridgehead atoms. The van der Waals surface area contributed by atoms with Crippen LogP contribution in [0.3, 0.4) is 0 Å². The quantitative estimate of drug-likeness (QED) is 0.619. The third-order valence-electron chi connectivity index (χ3n) is 4.09. The molecule has 25 heavy (non-hydrogen) atoms. The molecule has 1 atom stereocenters. The first-order valence-electron chi connectivity index (χ1n) is 7.87. The summed E-state index contributed by atoms with van der Waals surface area (Å²) in [5.41, 5.74) is 1.98. The Balaban J connectivity index is 1.97. The summed E-state index contributed by atoms with van der Waals surface area (Å²) >= 11 is 1.67. The van der Waals surface area contributed by atoms with E-state index in [1.54, 1.807) is 41.8 Å². The largest absolute Gasteiger partial charge is 0.479 e. The number of carbonyl (C=O) groups excluding carboxylic acids is 2. The van der Waals surface area contributed by atoms with Crippen LogP contribution in [0.15, 0.2) is 47.4 Å². The van der Waals surface area contributed by atoms with Gasteiger partial charge in [0.2, 0.25) is 0 Å². The van der Waals surface area contributed by atoms with Gasteiger partial charge in [-0.05, 0) is 49.1 Å². The smallest absolute Gasteiger partial charge is 0.337 e. The van der Waals surface area contributed by atoms with Crippen molar-refractivity contribution in [2.45, 2.75) is 24.5 Å². The number of thioether (sulfide) groups is 1. The summed E-state index contributed by atoms with van der Waals surface area (Å²) in [6, 6.07) is 13.0. The number of hydrogen-bond donors (Lipinski definition) is 0. The highest BCUT2D eigenvalue weighted by Gasteiger charge is 2.32. The van der Waals surface area contributed by atoms with E-state index < -0.39 is 12.1 Å². The topological polar surface area (TPSA) is 55.8 Å². The molecule has 0 spiro atoms. The van der Waals surface area contributed by atoms with Crippen LogP contribution in [0.1, 0.15) is 22.8 Å². The van der Waals surface area contributed by atoms with Gasteiger partial charge in [0, 0.05) is 4.90 Å². The molecule has 6 heteroatoms. The van der Waals surface area contributed by atoms with E-state index in [4.69, 9.17) is 9.47 Å². The highest BCUT2D eigenvalue weighted by atomic mass is 32.2. The molecule has 2 aromatic rings. The van der Waals surface area contributed by atoms with Crippen LogP contribution in [0.4, 0.5) is 5.69 Å². The highest BCUT2D eigenvalue weighted by Crippen LogP contribution is 2.36. The van der Waals surface area contributed by atoms with Gasteiger partial charge in [0.25, 0.3) is 5.91 Å². The maximum atomic E-state index is 12.6. The fourth-order valence-electron chi connectivity index (χ4n) is 2.73. The number of carbonyl (C=O) groups is 2. The Labute approximate surface area is 150 Å². The molecule has 5 nitrogen and oxygen atoms in total. The van der Waals surface area contributed by atoms with E-state index in [0.29, 0.717) is 23.5 Å². The molecule has 0 aromatic heterocycles. The Bertz CT molecular complexity index is 804. The molecule has 2 aromatic carbocycles. The average Bonchev–Trinajstić information content (AvgIpc) is 2.65. The van der Waals surface area contributed by atoms with Gasteiger partial charge in [0.15, 0.2) is 6.10 Å². The molecule has 1 heterocycles. The molecule has 0 fully saturated rings. The van der Waals surface area contributed by atoms with Crippen molar-refractivity contribution < 1.29 is 19.1 Å². The number of hydrogen-bond acceptors (Lipinski definition) is 5. The molecule has 1 amide bonds. The lowest BCUT2D eigenvalue weighted by Crippen LogP contribution is -2.44. The Morgan fingerprint density at radius 1 is 1.24 bits per heavy atom. The number of fused-ring (bicyclic) bond motifs is 1. The molecular weight excluding hydrogens is 338 g/mol. The molecule has 1 aliphatic heterocycles. The Morgan fingerprint density at radius 2 is 1.96 bits per heavy atom. The van der Waals surface area contributed by atoms with Crippen molar-refractivity contribution in [3.05, 3.63) is 53.6 Å². The summed E-state index contributed by atoms with van der Waals surface area (Å²) < 4.78 is 10.4. The normalized spacial score (nSPS) is 16.2. The zero-order chi connectivity index (χ0) is 18.0. The summed E-state index contributed by atoms with van der Waals surface area (Å²) in [7, 11) is 1.33. The summed E-state index contributed by atoms with van der Waals surface area (Å²) in [5, 5.41) is 0. The number of anilines is 1. The first-order chi connectivity index (χ1) is 12.0. The fourth-order valence-corrected chi connectivity index (χ4v) is 3.14. The first-order valence-corrected chi connectivity index (χ1v) is 9.09. The zero-order valence-corrected chi connectivity index (χ0v) is 15.1. The van der Waals surface area contributed by atoms with Crippen molar-refractivity contribution in [2.24, 2.45) is 0 Å². The number of esters is 1. The van der Waals surface area contributed by atoms with Crippen LogP contribution in [0, 0.1) is 0 Å². The molecule has 0 aliphatic carbocycles. The Kier molecular flexibility index (Phi) is 4.99. The van der Waals surface area contributed by atoms with Crippen LogP contribution >= 0.6 is 11.8 Å². The number of benzene rings is 2. The molecule has 0 N–H and O–H groups in total. The maximum absolute atomic E-state index is 12.6. The molecule has 3 rings (SSSR count). The standard InChI is InChI=1S/C19H19NO4S/c1-12-18(21)20(11-13-4-7-15(25-3)8-5-13)16-10-14(19(22)23-2)6-9-17(16)24-12/h4-10,12H,11H2,1-3H3. The van der Waals surface area contributed by atoms with Crippen molar-refractivity contribution >= 4 is 29.3 Å². The van der Waals surface area contributed by atoms with Gasteiger partial charge in [-0.3, -0.25) is 4.79 Å². The predicted octanol–water partition coefficient (Wildman–Crippen LogP) is 3.51. The molecule has 130 valence electrons. The first kappa shape index (κ1) is 17.4. The van der Waals surface area contributed by atoms with Crippen LogP contribution in [0.5, 0.6) is 5.75 Å². The van der Waals surface area contributed by atoms with E-state index in [1.807, 2.05) is 30.5 Å². The van der Waals surface area contributed by atoms with E-state index in [0.717, 1.165) is 5.56 Å². The summed E-state index contributed by atoms with van der Waals surface area (Å²) in [6.07, 6.45) is 1.45. The van der Waals surface area contributed by atoms with Gasteiger partial charge in [-0.2, -0.15) is 0 Å². The van der Waals surface area contributed by atoms with E-state index in [-0.39, 0.29) is 5.91 Å². The number of nitrogens with zero attached hydrogens (tertiary/aromatic N) is 1. The maximum Gasteiger partial charge on any atom is 0.337 e. The lowest BCUT2D eigenvalue weighted by molar-refractivity contribution is -0.125. The van der Waals surface area contributed by atoms with Crippen molar-refractivity contribution in [1.82, 2.24) is 0 Å². The highest BCUT2D eigenvalue weighted by molar-refractivity contribution is 7.98.